The average Bonchev–Trinajstić information content (AvgIpc) is 2.42. The third kappa shape index (κ3) is 4.11. The van der Waals surface area contributed by atoms with E-state index in [9.17, 15) is 14.7 Å². The lowest BCUT2D eigenvalue weighted by molar-refractivity contribution is -0.143. The minimum atomic E-state index is -0.853. The molecule has 1 aromatic carbocycles. The Morgan fingerprint density at radius 1 is 1.29 bits per heavy atom. The molecule has 2 unspecified atom stereocenters. The minimum absolute atomic E-state index is 0.333. The highest BCUT2D eigenvalue weighted by Crippen LogP contribution is 2.26. The van der Waals surface area contributed by atoms with Crippen LogP contribution in [0, 0.1) is 12.8 Å². The molecule has 1 aromatic rings. The maximum absolute atomic E-state index is 12.0. The summed E-state index contributed by atoms with van der Waals surface area (Å²) in [5.74, 6) is -1.37. The first-order chi connectivity index (χ1) is 9.97. The number of hydrogen-bond acceptors (Lipinski definition) is 2. The molecule has 1 saturated carbocycles. The Hall–Kier alpha value is -1.75. The standard InChI is InChI=1S/C15H19ClN2O3/c1-9-6-7-13(11(16)8-9)18-15(21)17-12-5-3-2-4-10(12)14(19)20/h6-8,10,12H,2-5H2,1H3,(H,19,20)(H2,17,18,21). The molecule has 6 heteroatoms. The molecule has 0 saturated heterocycles. The van der Waals surface area contributed by atoms with Crippen molar-refractivity contribution in [1.82, 2.24) is 5.32 Å². The predicted molar refractivity (Wildman–Crippen MR) is 81.7 cm³/mol. The van der Waals surface area contributed by atoms with Gasteiger partial charge in [0.1, 0.15) is 0 Å². The number of carbonyl (C=O) groups excluding carboxylic acids is 1. The zero-order valence-electron chi connectivity index (χ0n) is 11.9. The first-order valence-electron chi connectivity index (χ1n) is 7.04. The van der Waals surface area contributed by atoms with Gasteiger partial charge in [-0.05, 0) is 37.5 Å². The number of urea groups is 1. The van der Waals surface area contributed by atoms with Gasteiger partial charge in [-0.2, -0.15) is 0 Å². The van der Waals surface area contributed by atoms with E-state index in [1.165, 1.54) is 0 Å². The molecule has 2 rings (SSSR count). The fourth-order valence-electron chi connectivity index (χ4n) is 2.65. The van der Waals surface area contributed by atoms with E-state index >= 15 is 0 Å². The Balaban J connectivity index is 1.98. The highest BCUT2D eigenvalue weighted by molar-refractivity contribution is 6.33. The lowest BCUT2D eigenvalue weighted by Gasteiger charge is -2.29. The van der Waals surface area contributed by atoms with Gasteiger partial charge >= 0.3 is 12.0 Å². The molecular formula is C15H19ClN2O3. The Labute approximate surface area is 128 Å². The number of hydrogen-bond donors (Lipinski definition) is 3. The first kappa shape index (κ1) is 15.6. The molecule has 0 aromatic heterocycles. The fourth-order valence-corrected chi connectivity index (χ4v) is 2.93. The maximum atomic E-state index is 12.0. The molecule has 1 aliphatic rings. The summed E-state index contributed by atoms with van der Waals surface area (Å²) in [6, 6.07) is 4.59. The summed E-state index contributed by atoms with van der Waals surface area (Å²) in [6.07, 6.45) is 3.11. The number of amides is 2. The van der Waals surface area contributed by atoms with Crippen LogP contribution in [0.25, 0.3) is 0 Å². The van der Waals surface area contributed by atoms with Crippen molar-refractivity contribution in [3.63, 3.8) is 0 Å². The largest absolute Gasteiger partial charge is 0.481 e. The molecule has 0 bridgehead atoms. The minimum Gasteiger partial charge on any atom is -0.481 e. The lowest BCUT2D eigenvalue weighted by Crippen LogP contribution is -2.46. The number of aryl methyl sites for hydroxylation is 1. The topological polar surface area (TPSA) is 78.4 Å². The number of nitrogens with one attached hydrogen (secondary N) is 2. The van der Waals surface area contributed by atoms with E-state index in [1.54, 1.807) is 12.1 Å². The molecule has 2 atom stereocenters. The zero-order valence-corrected chi connectivity index (χ0v) is 12.6. The van der Waals surface area contributed by atoms with Crippen LogP contribution >= 0.6 is 11.6 Å². The van der Waals surface area contributed by atoms with Crippen LogP contribution in [0.1, 0.15) is 31.2 Å². The van der Waals surface area contributed by atoms with Crippen molar-refractivity contribution >= 4 is 29.3 Å². The van der Waals surface area contributed by atoms with E-state index in [0.717, 1.165) is 18.4 Å². The monoisotopic (exact) mass is 310 g/mol. The number of rotatable bonds is 3. The van der Waals surface area contributed by atoms with Crippen LogP contribution in [-0.4, -0.2) is 23.1 Å². The molecular weight excluding hydrogens is 292 g/mol. The van der Waals surface area contributed by atoms with Crippen LogP contribution < -0.4 is 10.6 Å². The summed E-state index contributed by atoms with van der Waals surface area (Å²) in [7, 11) is 0. The van der Waals surface area contributed by atoms with Gasteiger partial charge < -0.3 is 15.7 Å². The number of aliphatic carboxylic acids is 1. The van der Waals surface area contributed by atoms with Gasteiger partial charge in [-0.15, -0.1) is 0 Å². The molecule has 0 aliphatic heterocycles. The predicted octanol–water partition coefficient (Wildman–Crippen LogP) is 3.41. The zero-order chi connectivity index (χ0) is 15.4. The summed E-state index contributed by atoms with van der Waals surface area (Å²) in [6.45, 7) is 1.91. The SMILES string of the molecule is Cc1ccc(NC(=O)NC2CCCCC2C(=O)O)c(Cl)c1. The van der Waals surface area contributed by atoms with Crippen molar-refractivity contribution in [2.24, 2.45) is 5.92 Å². The van der Waals surface area contributed by atoms with Crippen molar-refractivity contribution in [3.8, 4) is 0 Å². The first-order valence-corrected chi connectivity index (χ1v) is 7.41. The van der Waals surface area contributed by atoms with E-state index in [1.807, 2.05) is 13.0 Å². The quantitative estimate of drug-likeness (QED) is 0.800. The van der Waals surface area contributed by atoms with Crippen LogP contribution in [-0.2, 0) is 4.79 Å². The molecule has 1 aliphatic carbocycles. The number of halogens is 1. The van der Waals surface area contributed by atoms with Crippen LogP contribution in [0.4, 0.5) is 10.5 Å². The number of carbonyl (C=O) groups is 2. The van der Waals surface area contributed by atoms with E-state index in [4.69, 9.17) is 11.6 Å². The third-order valence-corrected chi connectivity index (χ3v) is 4.09. The van der Waals surface area contributed by atoms with Crippen molar-refractivity contribution in [2.45, 2.75) is 38.6 Å². The van der Waals surface area contributed by atoms with Gasteiger partial charge in [0, 0.05) is 6.04 Å². The summed E-state index contributed by atoms with van der Waals surface area (Å²) < 4.78 is 0. The van der Waals surface area contributed by atoms with Gasteiger partial charge in [-0.1, -0.05) is 30.5 Å². The second-order valence-corrected chi connectivity index (χ2v) is 5.82. The lowest BCUT2D eigenvalue weighted by atomic mass is 9.84. The Bertz CT molecular complexity index is 548. The third-order valence-electron chi connectivity index (χ3n) is 3.77. The molecule has 1 fully saturated rings. The van der Waals surface area contributed by atoms with Crippen LogP contribution in [0.2, 0.25) is 5.02 Å². The van der Waals surface area contributed by atoms with Crippen molar-refractivity contribution < 1.29 is 14.7 Å². The highest BCUT2D eigenvalue weighted by Gasteiger charge is 2.31. The van der Waals surface area contributed by atoms with Gasteiger partial charge in [-0.3, -0.25) is 4.79 Å². The number of anilines is 1. The van der Waals surface area contributed by atoms with Crippen LogP contribution in [0.15, 0.2) is 18.2 Å². The summed E-state index contributed by atoms with van der Waals surface area (Å²) >= 11 is 6.06. The number of carboxylic acid groups (broad SMARTS) is 1. The average molecular weight is 311 g/mol. The van der Waals surface area contributed by atoms with E-state index in [2.05, 4.69) is 10.6 Å². The fraction of sp³-hybridized carbons (Fsp3) is 0.467. The number of benzene rings is 1. The van der Waals surface area contributed by atoms with Gasteiger partial charge in [0.25, 0.3) is 0 Å². The number of carboxylic acids is 1. The van der Waals surface area contributed by atoms with Gasteiger partial charge in [0.05, 0.1) is 16.6 Å². The smallest absolute Gasteiger partial charge is 0.319 e. The highest BCUT2D eigenvalue weighted by atomic mass is 35.5. The van der Waals surface area contributed by atoms with Crippen LogP contribution in [0.3, 0.4) is 0 Å². The Morgan fingerprint density at radius 3 is 2.67 bits per heavy atom. The summed E-state index contributed by atoms with van der Waals surface area (Å²) in [4.78, 5) is 23.2. The summed E-state index contributed by atoms with van der Waals surface area (Å²) in [5.41, 5.74) is 1.52. The van der Waals surface area contributed by atoms with Crippen LogP contribution in [0.5, 0.6) is 0 Å². The molecule has 21 heavy (non-hydrogen) atoms. The van der Waals surface area contributed by atoms with Gasteiger partial charge in [0.2, 0.25) is 0 Å². The Morgan fingerprint density at radius 2 is 2.00 bits per heavy atom. The molecule has 0 radical (unpaired) electrons. The van der Waals surface area contributed by atoms with Gasteiger partial charge in [0.15, 0.2) is 0 Å². The molecule has 3 N–H and O–H groups in total. The van der Waals surface area contributed by atoms with Crippen molar-refractivity contribution in [3.05, 3.63) is 28.8 Å². The molecule has 5 nitrogen and oxygen atoms in total. The second kappa shape index (κ2) is 6.80. The van der Waals surface area contributed by atoms with Crippen molar-refractivity contribution in [2.75, 3.05) is 5.32 Å². The molecule has 0 heterocycles. The summed E-state index contributed by atoms with van der Waals surface area (Å²) in [5, 5.41) is 15.1. The Kier molecular flexibility index (Phi) is 5.07. The molecule has 0 spiro atoms. The molecule has 2 amide bonds. The van der Waals surface area contributed by atoms with E-state index in [0.29, 0.717) is 23.6 Å². The van der Waals surface area contributed by atoms with Crippen molar-refractivity contribution in [1.29, 1.82) is 0 Å². The maximum Gasteiger partial charge on any atom is 0.319 e. The normalized spacial score (nSPS) is 21.6. The van der Waals surface area contributed by atoms with Gasteiger partial charge in [-0.25, -0.2) is 4.79 Å². The second-order valence-electron chi connectivity index (χ2n) is 5.42. The van der Waals surface area contributed by atoms with E-state index < -0.39 is 17.9 Å². The van der Waals surface area contributed by atoms with E-state index in [-0.39, 0.29) is 6.04 Å². The molecule has 114 valence electrons.